The molecule has 3 rings (SSSR count). The summed E-state index contributed by atoms with van der Waals surface area (Å²) in [5.74, 6) is -0.693. The second-order valence-electron chi connectivity index (χ2n) is 7.44. The lowest BCUT2D eigenvalue weighted by Crippen LogP contribution is -2.51. The van der Waals surface area contributed by atoms with Gasteiger partial charge in [0.25, 0.3) is 0 Å². The zero-order valence-electron chi connectivity index (χ0n) is 13.6. The molecular weight excluding hydrogens is 294 g/mol. The van der Waals surface area contributed by atoms with Crippen LogP contribution in [0.1, 0.15) is 58.3 Å². The number of nitriles is 1. The van der Waals surface area contributed by atoms with E-state index in [9.17, 15) is 19.6 Å². The predicted octanol–water partition coefficient (Wildman–Crippen LogP) is 1.50. The van der Waals surface area contributed by atoms with Crippen LogP contribution in [0.5, 0.6) is 0 Å². The minimum Gasteiger partial charge on any atom is -0.336 e. The summed E-state index contributed by atoms with van der Waals surface area (Å²) >= 11 is 0. The normalized spacial score (nSPS) is 26.0. The fraction of sp³-hybridized carbons (Fsp3) is 0.765. The van der Waals surface area contributed by atoms with Gasteiger partial charge in [-0.05, 0) is 38.5 Å². The molecular formula is C17H23N3O3. The van der Waals surface area contributed by atoms with Gasteiger partial charge >= 0.3 is 0 Å². The molecule has 0 aromatic heterocycles. The Morgan fingerprint density at radius 3 is 2.57 bits per heavy atom. The number of nitrogens with zero attached hydrogens (tertiary/aromatic N) is 2. The monoisotopic (exact) mass is 317 g/mol. The first kappa shape index (κ1) is 16.0. The van der Waals surface area contributed by atoms with E-state index in [1.54, 1.807) is 6.92 Å². The van der Waals surface area contributed by atoms with Crippen LogP contribution in [0.4, 0.5) is 0 Å². The van der Waals surface area contributed by atoms with E-state index in [1.807, 2.05) is 0 Å². The van der Waals surface area contributed by atoms with Gasteiger partial charge in [0, 0.05) is 6.42 Å². The maximum atomic E-state index is 12.7. The van der Waals surface area contributed by atoms with Crippen LogP contribution in [-0.4, -0.2) is 34.7 Å². The lowest BCUT2D eigenvalue weighted by atomic mass is 9.73. The SMILES string of the molecule is C[C@@](C#N)(NC(=O)CN1C(=O)CC2(CCCCC2)C1=O)C1CC1. The summed E-state index contributed by atoms with van der Waals surface area (Å²) in [4.78, 5) is 38.3. The summed E-state index contributed by atoms with van der Waals surface area (Å²) in [6.45, 7) is 1.45. The molecule has 0 radical (unpaired) electrons. The Bertz CT molecular complexity index is 584. The quantitative estimate of drug-likeness (QED) is 0.796. The van der Waals surface area contributed by atoms with Gasteiger partial charge in [0.1, 0.15) is 12.1 Å². The molecule has 2 saturated carbocycles. The van der Waals surface area contributed by atoms with Gasteiger partial charge in [-0.25, -0.2) is 0 Å². The van der Waals surface area contributed by atoms with Gasteiger partial charge in [-0.15, -0.1) is 0 Å². The summed E-state index contributed by atoms with van der Waals surface area (Å²) < 4.78 is 0. The van der Waals surface area contributed by atoms with E-state index in [0.717, 1.165) is 49.8 Å². The lowest BCUT2D eigenvalue weighted by Gasteiger charge is -2.30. The van der Waals surface area contributed by atoms with Crippen LogP contribution in [0.2, 0.25) is 0 Å². The number of nitrogens with one attached hydrogen (secondary N) is 1. The van der Waals surface area contributed by atoms with Crippen LogP contribution in [0, 0.1) is 22.7 Å². The minimum absolute atomic E-state index is 0.172. The number of imide groups is 1. The van der Waals surface area contributed by atoms with Gasteiger partial charge in [-0.3, -0.25) is 19.3 Å². The zero-order valence-corrected chi connectivity index (χ0v) is 13.6. The number of likely N-dealkylation sites (tertiary alicyclic amines) is 1. The van der Waals surface area contributed by atoms with Crippen LogP contribution in [0.25, 0.3) is 0 Å². The van der Waals surface area contributed by atoms with Crippen molar-refractivity contribution in [2.45, 2.75) is 63.8 Å². The molecule has 1 N–H and O–H groups in total. The summed E-state index contributed by atoms with van der Waals surface area (Å²) in [7, 11) is 0. The Morgan fingerprint density at radius 2 is 2.00 bits per heavy atom. The number of rotatable bonds is 4. The first-order chi connectivity index (χ1) is 10.9. The van der Waals surface area contributed by atoms with Gasteiger partial charge < -0.3 is 5.32 Å². The Balaban J connectivity index is 1.65. The molecule has 1 atom stereocenters. The third-order valence-corrected chi connectivity index (χ3v) is 5.63. The van der Waals surface area contributed by atoms with Crippen LogP contribution < -0.4 is 5.32 Å². The highest BCUT2D eigenvalue weighted by molar-refractivity contribution is 6.08. The summed E-state index contributed by atoms with van der Waals surface area (Å²) in [6.07, 6.45) is 6.61. The zero-order chi connectivity index (χ0) is 16.7. The third-order valence-electron chi connectivity index (χ3n) is 5.63. The fourth-order valence-corrected chi connectivity index (χ4v) is 3.99. The minimum atomic E-state index is -0.897. The van der Waals surface area contributed by atoms with Gasteiger partial charge in [0.2, 0.25) is 17.7 Å². The van der Waals surface area contributed by atoms with Crippen molar-refractivity contribution in [2.75, 3.05) is 6.54 Å². The molecule has 1 saturated heterocycles. The molecule has 1 spiro atoms. The number of carbonyl (C=O) groups excluding carboxylic acids is 3. The Kier molecular flexibility index (Phi) is 3.91. The van der Waals surface area contributed by atoms with Crippen molar-refractivity contribution >= 4 is 17.7 Å². The Morgan fingerprint density at radius 1 is 1.35 bits per heavy atom. The van der Waals surface area contributed by atoms with E-state index in [4.69, 9.17) is 0 Å². The molecule has 3 fully saturated rings. The lowest BCUT2D eigenvalue weighted by molar-refractivity contribution is -0.145. The molecule has 1 heterocycles. The molecule has 3 amide bonds. The van der Waals surface area contributed by atoms with Crippen molar-refractivity contribution in [2.24, 2.45) is 11.3 Å². The first-order valence-corrected chi connectivity index (χ1v) is 8.47. The number of hydrogen-bond acceptors (Lipinski definition) is 4. The number of carbonyl (C=O) groups is 3. The van der Waals surface area contributed by atoms with Crippen molar-refractivity contribution in [3.8, 4) is 6.07 Å². The van der Waals surface area contributed by atoms with E-state index in [2.05, 4.69) is 11.4 Å². The standard InChI is InChI=1S/C17H23N3O3/c1-16(11-18,12-5-6-12)19-13(21)10-20-14(22)9-17(15(20)23)7-3-2-4-8-17/h12H,2-10H2,1H3,(H,19,21)/t16-/m0/s1. The second kappa shape index (κ2) is 5.63. The molecule has 0 bridgehead atoms. The Hall–Kier alpha value is -1.90. The summed E-state index contributed by atoms with van der Waals surface area (Å²) in [6, 6.07) is 2.16. The third kappa shape index (κ3) is 2.85. The van der Waals surface area contributed by atoms with Gasteiger partial charge in [0.05, 0.1) is 11.5 Å². The molecule has 23 heavy (non-hydrogen) atoms. The molecule has 2 aliphatic carbocycles. The van der Waals surface area contributed by atoms with Crippen molar-refractivity contribution < 1.29 is 14.4 Å². The molecule has 6 nitrogen and oxygen atoms in total. The maximum Gasteiger partial charge on any atom is 0.241 e. The molecule has 0 aromatic rings. The molecule has 1 aliphatic heterocycles. The topological polar surface area (TPSA) is 90.3 Å². The number of hydrogen-bond donors (Lipinski definition) is 1. The van der Waals surface area contributed by atoms with Gasteiger partial charge in [-0.2, -0.15) is 5.26 Å². The Labute approximate surface area is 136 Å². The van der Waals surface area contributed by atoms with E-state index in [1.165, 1.54) is 0 Å². The van der Waals surface area contributed by atoms with Crippen LogP contribution in [-0.2, 0) is 14.4 Å². The summed E-state index contributed by atoms with van der Waals surface area (Å²) in [5.41, 5.74) is -1.46. The largest absolute Gasteiger partial charge is 0.336 e. The van der Waals surface area contributed by atoms with Crippen LogP contribution in [0.15, 0.2) is 0 Å². The van der Waals surface area contributed by atoms with E-state index >= 15 is 0 Å². The van der Waals surface area contributed by atoms with Crippen LogP contribution in [0.3, 0.4) is 0 Å². The number of amides is 3. The average Bonchev–Trinajstić information content (AvgIpc) is 3.35. The van der Waals surface area contributed by atoms with Crippen LogP contribution >= 0.6 is 0 Å². The smallest absolute Gasteiger partial charge is 0.241 e. The van der Waals surface area contributed by atoms with Gasteiger partial charge in [0.15, 0.2) is 0 Å². The van der Waals surface area contributed by atoms with E-state index < -0.39 is 16.9 Å². The molecule has 3 aliphatic rings. The van der Waals surface area contributed by atoms with Crippen molar-refractivity contribution in [3.05, 3.63) is 0 Å². The molecule has 0 aromatic carbocycles. The maximum absolute atomic E-state index is 12.7. The second-order valence-corrected chi connectivity index (χ2v) is 7.44. The van der Waals surface area contributed by atoms with Crippen molar-refractivity contribution in [1.82, 2.24) is 10.2 Å². The average molecular weight is 317 g/mol. The molecule has 124 valence electrons. The van der Waals surface area contributed by atoms with Crippen molar-refractivity contribution in [3.63, 3.8) is 0 Å². The summed E-state index contributed by atoms with van der Waals surface area (Å²) in [5, 5.41) is 12.0. The predicted molar refractivity (Wildman–Crippen MR) is 81.7 cm³/mol. The van der Waals surface area contributed by atoms with E-state index in [-0.39, 0.29) is 30.7 Å². The molecule has 6 heteroatoms. The highest BCUT2D eigenvalue weighted by Gasteiger charge is 2.52. The highest BCUT2D eigenvalue weighted by atomic mass is 16.2. The van der Waals surface area contributed by atoms with Gasteiger partial charge in [-0.1, -0.05) is 19.3 Å². The fourth-order valence-electron chi connectivity index (χ4n) is 3.99. The van der Waals surface area contributed by atoms with E-state index in [0.29, 0.717) is 0 Å². The van der Waals surface area contributed by atoms with Crippen molar-refractivity contribution in [1.29, 1.82) is 5.26 Å². The first-order valence-electron chi connectivity index (χ1n) is 8.47. The highest BCUT2D eigenvalue weighted by Crippen LogP contribution is 2.45. The molecule has 0 unspecified atom stereocenters.